The number of ether oxygens (including phenoxy) is 1. The Morgan fingerprint density at radius 3 is 2.44 bits per heavy atom. The zero-order chi connectivity index (χ0) is 11.5. The molecule has 0 aromatic heterocycles. The Morgan fingerprint density at radius 2 is 1.94 bits per heavy atom. The van der Waals surface area contributed by atoms with E-state index in [0.29, 0.717) is 0 Å². The molecule has 86 valence electrons. The lowest BCUT2D eigenvalue weighted by molar-refractivity contribution is -0.117. The van der Waals surface area contributed by atoms with E-state index in [4.69, 9.17) is 4.74 Å². The molecular weight excluding hydrogens is 202 g/mol. The SMILES string of the molecule is CC(C)Oc1ccc(NC(=O)C2CC2)cc1. The maximum absolute atomic E-state index is 11.5. The van der Waals surface area contributed by atoms with Gasteiger partial charge in [0.1, 0.15) is 5.75 Å². The highest BCUT2D eigenvalue weighted by Gasteiger charge is 2.29. The van der Waals surface area contributed by atoms with Gasteiger partial charge in [0.2, 0.25) is 5.91 Å². The van der Waals surface area contributed by atoms with E-state index in [9.17, 15) is 4.79 Å². The van der Waals surface area contributed by atoms with Gasteiger partial charge < -0.3 is 10.1 Å². The van der Waals surface area contributed by atoms with Crippen LogP contribution >= 0.6 is 0 Å². The molecule has 1 aromatic carbocycles. The first kappa shape index (κ1) is 11.0. The van der Waals surface area contributed by atoms with Gasteiger partial charge in [-0.1, -0.05) is 0 Å². The molecule has 3 nitrogen and oxygen atoms in total. The Balaban J connectivity index is 1.93. The van der Waals surface area contributed by atoms with Crippen LogP contribution in [0.1, 0.15) is 26.7 Å². The molecule has 16 heavy (non-hydrogen) atoms. The van der Waals surface area contributed by atoms with Crippen LogP contribution in [-0.4, -0.2) is 12.0 Å². The molecule has 0 spiro atoms. The summed E-state index contributed by atoms with van der Waals surface area (Å²) in [5.74, 6) is 1.21. The Kier molecular flexibility index (Phi) is 3.13. The van der Waals surface area contributed by atoms with Gasteiger partial charge in [-0.15, -0.1) is 0 Å². The van der Waals surface area contributed by atoms with Gasteiger partial charge in [-0.2, -0.15) is 0 Å². The lowest BCUT2D eigenvalue weighted by Gasteiger charge is -2.10. The number of hydrogen-bond donors (Lipinski definition) is 1. The minimum absolute atomic E-state index is 0.137. The van der Waals surface area contributed by atoms with Crippen molar-refractivity contribution in [1.82, 2.24) is 0 Å². The highest BCUT2D eigenvalue weighted by Crippen LogP contribution is 2.30. The van der Waals surface area contributed by atoms with Gasteiger partial charge >= 0.3 is 0 Å². The maximum atomic E-state index is 11.5. The predicted molar refractivity (Wildman–Crippen MR) is 63.6 cm³/mol. The number of carbonyl (C=O) groups excluding carboxylic acids is 1. The van der Waals surface area contributed by atoms with Gasteiger partial charge in [-0.25, -0.2) is 0 Å². The van der Waals surface area contributed by atoms with E-state index in [1.54, 1.807) is 0 Å². The molecule has 0 bridgehead atoms. The summed E-state index contributed by atoms with van der Waals surface area (Å²) >= 11 is 0. The summed E-state index contributed by atoms with van der Waals surface area (Å²) in [6.07, 6.45) is 2.23. The second-order valence-electron chi connectivity index (χ2n) is 4.45. The Bertz CT molecular complexity index is 366. The molecule has 0 aliphatic heterocycles. The molecule has 1 amide bonds. The fourth-order valence-corrected chi connectivity index (χ4v) is 1.48. The van der Waals surface area contributed by atoms with Gasteiger partial charge in [0.15, 0.2) is 0 Å². The molecule has 2 rings (SSSR count). The molecule has 0 heterocycles. The molecule has 0 atom stereocenters. The number of benzene rings is 1. The zero-order valence-corrected chi connectivity index (χ0v) is 9.69. The van der Waals surface area contributed by atoms with E-state index in [2.05, 4.69) is 5.32 Å². The van der Waals surface area contributed by atoms with Crippen molar-refractivity contribution < 1.29 is 9.53 Å². The summed E-state index contributed by atoms with van der Waals surface area (Å²) in [7, 11) is 0. The number of amides is 1. The standard InChI is InChI=1S/C13H17NO2/c1-9(2)16-12-7-5-11(6-8-12)14-13(15)10-3-4-10/h5-10H,3-4H2,1-2H3,(H,14,15). The van der Waals surface area contributed by atoms with E-state index < -0.39 is 0 Å². The lowest BCUT2D eigenvalue weighted by Crippen LogP contribution is -2.13. The second kappa shape index (κ2) is 4.56. The van der Waals surface area contributed by atoms with E-state index in [-0.39, 0.29) is 17.9 Å². The molecule has 1 aromatic rings. The summed E-state index contributed by atoms with van der Waals surface area (Å²) in [5.41, 5.74) is 0.841. The smallest absolute Gasteiger partial charge is 0.227 e. The van der Waals surface area contributed by atoms with Crippen molar-refractivity contribution in [3.05, 3.63) is 24.3 Å². The number of hydrogen-bond acceptors (Lipinski definition) is 2. The summed E-state index contributed by atoms with van der Waals surface area (Å²) in [6.45, 7) is 3.98. The molecule has 1 saturated carbocycles. The first-order valence-electron chi connectivity index (χ1n) is 5.73. The highest BCUT2D eigenvalue weighted by molar-refractivity contribution is 5.94. The first-order valence-corrected chi connectivity index (χ1v) is 5.73. The van der Waals surface area contributed by atoms with Gasteiger partial charge in [-0.05, 0) is 51.0 Å². The highest BCUT2D eigenvalue weighted by atomic mass is 16.5. The summed E-state index contributed by atoms with van der Waals surface area (Å²) in [6, 6.07) is 7.50. The molecule has 1 aliphatic rings. The molecule has 1 aliphatic carbocycles. The molecule has 3 heteroatoms. The molecule has 0 radical (unpaired) electrons. The van der Waals surface area contributed by atoms with Crippen molar-refractivity contribution in [2.45, 2.75) is 32.8 Å². The van der Waals surface area contributed by atoms with E-state index in [1.165, 1.54) is 0 Å². The van der Waals surface area contributed by atoms with Crippen LogP contribution in [0.2, 0.25) is 0 Å². The third-order valence-corrected chi connectivity index (χ3v) is 2.44. The van der Waals surface area contributed by atoms with Gasteiger partial charge in [0.05, 0.1) is 6.10 Å². The number of anilines is 1. The normalized spacial score (nSPS) is 14.9. The van der Waals surface area contributed by atoms with Gasteiger partial charge in [-0.3, -0.25) is 4.79 Å². The van der Waals surface area contributed by atoms with E-state index >= 15 is 0 Å². The van der Waals surface area contributed by atoms with Crippen LogP contribution in [0.3, 0.4) is 0 Å². The average Bonchev–Trinajstić information content (AvgIpc) is 3.03. The first-order chi connectivity index (χ1) is 7.65. The van der Waals surface area contributed by atoms with Crippen molar-refractivity contribution in [2.75, 3.05) is 5.32 Å². The number of carbonyl (C=O) groups is 1. The fraction of sp³-hybridized carbons (Fsp3) is 0.462. The number of rotatable bonds is 4. The van der Waals surface area contributed by atoms with E-state index in [0.717, 1.165) is 24.3 Å². The fourth-order valence-electron chi connectivity index (χ4n) is 1.48. The topological polar surface area (TPSA) is 38.3 Å². The van der Waals surface area contributed by atoms with Crippen LogP contribution in [-0.2, 0) is 4.79 Å². The Morgan fingerprint density at radius 1 is 1.31 bits per heavy atom. The Labute approximate surface area is 95.8 Å². The van der Waals surface area contributed by atoms with Crippen molar-refractivity contribution >= 4 is 11.6 Å². The third-order valence-electron chi connectivity index (χ3n) is 2.44. The summed E-state index contributed by atoms with van der Waals surface area (Å²) in [4.78, 5) is 11.5. The monoisotopic (exact) mass is 219 g/mol. The molecule has 1 N–H and O–H groups in total. The molecule has 0 saturated heterocycles. The van der Waals surface area contributed by atoms with Crippen molar-refractivity contribution in [2.24, 2.45) is 5.92 Å². The van der Waals surface area contributed by atoms with Crippen molar-refractivity contribution in [3.8, 4) is 5.75 Å². The second-order valence-corrected chi connectivity index (χ2v) is 4.45. The predicted octanol–water partition coefficient (Wildman–Crippen LogP) is 2.82. The summed E-state index contributed by atoms with van der Waals surface area (Å²) < 4.78 is 5.52. The van der Waals surface area contributed by atoms with Crippen molar-refractivity contribution in [1.29, 1.82) is 0 Å². The average molecular weight is 219 g/mol. The largest absolute Gasteiger partial charge is 0.491 e. The maximum Gasteiger partial charge on any atom is 0.227 e. The van der Waals surface area contributed by atoms with Gasteiger partial charge in [0, 0.05) is 11.6 Å². The van der Waals surface area contributed by atoms with Crippen LogP contribution in [0.4, 0.5) is 5.69 Å². The van der Waals surface area contributed by atoms with Crippen LogP contribution in [0.15, 0.2) is 24.3 Å². The molecule has 0 unspecified atom stereocenters. The van der Waals surface area contributed by atoms with Crippen LogP contribution < -0.4 is 10.1 Å². The van der Waals surface area contributed by atoms with Crippen molar-refractivity contribution in [3.63, 3.8) is 0 Å². The molecular formula is C13H17NO2. The minimum Gasteiger partial charge on any atom is -0.491 e. The van der Waals surface area contributed by atoms with Crippen LogP contribution in [0.25, 0.3) is 0 Å². The summed E-state index contributed by atoms with van der Waals surface area (Å²) in [5, 5.41) is 2.89. The van der Waals surface area contributed by atoms with E-state index in [1.807, 2.05) is 38.1 Å². The molecule has 1 fully saturated rings. The lowest BCUT2D eigenvalue weighted by atomic mass is 10.3. The zero-order valence-electron chi connectivity index (χ0n) is 9.69. The third kappa shape index (κ3) is 2.99. The van der Waals surface area contributed by atoms with Crippen LogP contribution in [0, 0.1) is 5.92 Å². The Hall–Kier alpha value is -1.51. The van der Waals surface area contributed by atoms with Crippen LogP contribution in [0.5, 0.6) is 5.75 Å². The minimum atomic E-state index is 0.137. The quantitative estimate of drug-likeness (QED) is 0.845. The van der Waals surface area contributed by atoms with Gasteiger partial charge in [0.25, 0.3) is 0 Å². The number of nitrogens with one attached hydrogen (secondary N) is 1.